The van der Waals surface area contributed by atoms with E-state index in [1.165, 1.54) is 5.57 Å². The number of hydrogen-bond donors (Lipinski definition) is 0. The predicted octanol–water partition coefficient (Wildman–Crippen LogP) is 3.48. The fourth-order valence-corrected chi connectivity index (χ4v) is 2.03. The largest absolute Gasteiger partial charge is 0.461 e. The zero-order valence-electron chi connectivity index (χ0n) is 10.2. The highest BCUT2D eigenvalue weighted by molar-refractivity contribution is 5.72. The predicted molar refractivity (Wildman–Crippen MR) is 67.3 cm³/mol. The first-order valence-electron chi connectivity index (χ1n) is 6.12. The van der Waals surface area contributed by atoms with E-state index in [1.54, 1.807) is 0 Å². The Morgan fingerprint density at radius 1 is 1.35 bits per heavy atom. The molecule has 0 heterocycles. The average molecular weight is 230 g/mol. The van der Waals surface area contributed by atoms with Gasteiger partial charge in [0.05, 0.1) is 5.92 Å². The van der Waals surface area contributed by atoms with Gasteiger partial charge in [-0.3, -0.25) is 4.79 Å². The highest BCUT2D eigenvalue weighted by Gasteiger charge is 2.21. The molecule has 2 nitrogen and oxygen atoms in total. The van der Waals surface area contributed by atoms with Gasteiger partial charge in [0.1, 0.15) is 6.61 Å². The number of benzene rings is 1. The van der Waals surface area contributed by atoms with Crippen LogP contribution in [0.4, 0.5) is 0 Å². The normalized spacial score (nSPS) is 19.6. The highest BCUT2D eigenvalue weighted by atomic mass is 16.5. The average Bonchev–Trinajstić information content (AvgIpc) is 2.38. The lowest BCUT2D eigenvalue weighted by molar-refractivity contribution is -0.150. The van der Waals surface area contributed by atoms with Gasteiger partial charge in [-0.25, -0.2) is 0 Å². The summed E-state index contributed by atoms with van der Waals surface area (Å²) in [5, 5.41) is 0. The second-order valence-corrected chi connectivity index (χ2v) is 4.62. The van der Waals surface area contributed by atoms with Crippen molar-refractivity contribution in [3.8, 4) is 0 Å². The molecule has 0 fully saturated rings. The third-order valence-electron chi connectivity index (χ3n) is 3.20. The summed E-state index contributed by atoms with van der Waals surface area (Å²) in [6.45, 7) is 2.50. The van der Waals surface area contributed by atoms with Gasteiger partial charge < -0.3 is 4.74 Å². The van der Waals surface area contributed by atoms with E-state index in [1.807, 2.05) is 30.3 Å². The van der Waals surface area contributed by atoms with Crippen molar-refractivity contribution in [2.45, 2.75) is 32.8 Å². The molecule has 0 bridgehead atoms. The fraction of sp³-hybridized carbons (Fsp3) is 0.400. The van der Waals surface area contributed by atoms with Crippen molar-refractivity contribution in [3.63, 3.8) is 0 Å². The molecular formula is C15H18O2. The van der Waals surface area contributed by atoms with Gasteiger partial charge >= 0.3 is 5.97 Å². The van der Waals surface area contributed by atoms with Crippen LogP contribution < -0.4 is 0 Å². The van der Waals surface area contributed by atoms with Crippen LogP contribution in [0, 0.1) is 5.92 Å². The first-order chi connectivity index (χ1) is 8.25. The molecule has 0 radical (unpaired) electrons. The third-order valence-corrected chi connectivity index (χ3v) is 3.20. The lowest BCUT2D eigenvalue weighted by Gasteiger charge is -2.18. The summed E-state index contributed by atoms with van der Waals surface area (Å²) < 4.78 is 5.33. The number of allylic oxidation sites excluding steroid dienone is 2. The van der Waals surface area contributed by atoms with E-state index in [0.717, 1.165) is 24.8 Å². The molecule has 1 aromatic rings. The molecule has 0 spiro atoms. The molecule has 17 heavy (non-hydrogen) atoms. The van der Waals surface area contributed by atoms with E-state index >= 15 is 0 Å². The molecule has 1 aromatic carbocycles. The van der Waals surface area contributed by atoms with Crippen LogP contribution in [0.15, 0.2) is 42.0 Å². The Labute approximate surface area is 102 Å². The van der Waals surface area contributed by atoms with Gasteiger partial charge in [-0.1, -0.05) is 42.0 Å². The van der Waals surface area contributed by atoms with Crippen LogP contribution >= 0.6 is 0 Å². The molecule has 1 aliphatic carbocycles. The molecule has 0 unspecified atom stereocenters. The van der Waals surface area contributed by atoms with Gasteiger partial charge in [-0.15, -0.1) is 0 Å². The number of rotatable bonds is 3. The quantitative estimate of drug-likeness (QED) is 0.587. The lowest BCUT2D eigenvalue weighted by atomic mass is 9.90. The molecule has 0 N–H and O–H groups in total. The lowest BCUT2D eigenvalue weighted by Crippen LogP contribution is -2.19. The van der Waals surface area contributed by atoms with Crippen LogP contribution in [0.1, 0.15) is 31.7 Å². The summed E-state index contributed by atoms with van der Waals surface area (Å²) in [6, 6.07) is 9.81. The van der Waals surface area contributed by atoms with Gasteiger partial charge in [-0.05, 0) is 31.7 Å². The Bertz CT molecular complexity index is 406. The summed E-state index contributed by atoms with van der Waals surface area (Å²) in [7, 11) is 0. The molecular weight excluding hydrogens is 212 g/mol. The highest BCUT2D eigenvalue weighted by Crippen LogP contribution is 2.24. The third kappa shape index (κ3) is 3.45. The minimum atomic E-state index is -0.0578. The zero-order valence-corrected chi connectivity index (χ0v) is 10.2. The SMILES string of the molecule is CC1=CC[C@H](C(=O)OCc2ccccc2)CC1. The topological polar surface area (TPSA) is 26.3 Å². The molecule has 1 atom stereocenters. The molecule has 0 saturated heterocycles. The zero-order chi connectivity index (χ0) is 12.1. The second kappa shape index (κ2) is 5.67. The summed E-state index contributed by atoms with van der Waals surface area (Å²) >= 11 is 0. The van der Waals surface area contributed by atoms with E-state index in [2.05, 4.69) is 13.0 Å². The van der Waals surface area contributed by atoms with Crippen molar-refractivity contribution < 1.29 is 9.53 Å². The molecule has 2 heteroatoms. The number of carbonyl (C=O) groups is 1. The molecule has 0 aromatic heterocycles. The van der Waals surface area contributed by atoms with Crippen molar-refractivity contribution in [2.24, 2.45) is 5.92 Å². The Hall–Kier alpha value is -1.57. The van der Waals surface area contributed by atoms with Gasteiger partial charge in [0.25, 0.3) is 0 Å². The molecule has 0 amide bonds. The van der Waals surface area contributed by atoms with Crippen LogP contribution in [0.2, 0.25) is 0 Å². The molecule has 0 saturated carbocycles. The molecule has 2 rings (SSSR count). The van der Waals surface area contributed by atoms with E-state index in [-0.39, 0.29) is 11.9 Å². The minimum Gasteiger partial charge on any atom is -0.461 e. The van der Waals surface area contributed by atoms with Crippen molar-refractivity contribution in [2.75, 3.05) is 0 Å². The Morgan fingerprint density at radius 2 is 2.12 bits per heavy atom. The van der Waals surface area contributed by atoms with Gasteiger partial charge in [0.2, 0.25) is 0 Å². The van der Waals surface area contributed by atoms with Crippen LogP contribution in [0.25, 0.3) is 0 Å². The first-order valence-corrected chi connectivity index (χ1v) is 6.12. The fourth-order valence-electron chi connectivity index (χ4n) is 2.03. The second-order valence-electron chi connectivity index (χ2n) is 4.62. The summed E-state index contributed by atoms with van der Waals surface area (Å²) in [4.78, 5) is 11.8. The van der Waals surface area contributed by atoms with Crippen LogP contribution in [0.5, 0.6) is 0 Å². The van der Waals surface area contributed by atoms with E-state index in [0.29, 0.717) is 6.61 Å². The van der Waals surface area contributed by atoms with Crippen molar-refractivity contribution in [1.82, 2.24) is 0 Å². The Morgan fingerprint density at radius 3 is 2.76 bits per heavy atom. The molecule has 1 aliphatic rings. The maximum Gasteiger partial charge on any atom is 0.309 e. The van der Waals surface area contributed by atoms with E-state index in [4.69, 9.17) is 4.74 Å². The van der Waals surface area contributed by atoms with Crippen molar-refractivity contribution in [3.05, 3.63) is 47.5 Å². The Balaban J connectivity index is 1.82. The van der Waals surface area contributed by atoms with Crippen molar-refractivity contribution in [1.29, 1.82) is 0 Å². The van der Waals surface area contributed by atoms with E-state index in [9.17, 15) is 4.79 Å². The minimum absolute atomic E-state index is 0.0578. The van der Waals surface area contributed by atoms with Gasteiger partial charge in [0, 0.05) is 0 Å². The maximum atomic E-state index is 11.8. The van der Waals surface area contributed by atoms with E-state index < -0.39 is 0 Å². The number of esters is 1. The standard InChI is InChI=1S/C15H18O2/c1-12-7-9-14(10-8-12)15(16)17-11-13-5-3-2-4-6-13/h2-7,14H,8-11H2,1H3/t14-/m0/s1. The summed E-state index contributed by atoms with van der Waals surface area (Å²) in [6.07, 6.45) is 4.93. The van der Waals surface area contributed by atoms with Gasteiger partial charge in [0.15, 0.2) is 0 Å². The summed E-state index contributed by atoms with van der Waals surface area (Å²) in [5.74, 6) is 0.0000142. The Kier molecular flexibility index (Phi) is 3.97. The number of carbonyl (C=O) groups excluding carboxylic acids is 1. The van der Waals surface area contributed by atoms with Crippen molar-refractivity contribution >= 4 is 5.97 Å². The monoisotopic (exact) mass is 230 g/mol. The smallest absolute Gasteiger partial charge is 0.309 e. The maximum absolute atomic E-state index is 11.8. The summed E-state index contributed by atoms with van der Waals surface area (Å²) in [5.41, 5.74) is 2.43. The van der Waals surface area contributed by atoms with Gasteiger partial charge in [-0.2, -0.15) is 0 Å². The first kappa shape index (κ1) is 11.9. The van der Waals surface area contributed by atoms with Crippen LogP contribution in [-0.2, 0) is 16.1 Å². The molecule has 0 aliphatic heterocycles. The van der Waals surface area contributed by atoms with Crippen LogP contribution in [-0.4, -0.2) is 5.97 Å². The number of ether oxygens (including phenoxy) is 1. The number of hydrogen-bond acceptors (Lipinski definition) is 2. The van der Waals surface area contributed by atoms with Crippen LogP contribution in [0.3, 0.4) is 0 Å². The molecule has 90 valence electrons.